The second-order valence-corrected chi connectivity index (χ2v) is 8.70. The molecule has 0 fully saturated rings. The van der Waals surface area contributed by atoms with Crippen molar-refractivity contribution in [3.63, 3.8) is 0 Å². The summed E-state index contributed by atoms with van der Waals surface area (Å²) in [5.74, 6) is -0.129. The van der Waals surface area contributed by atoms with Crippen molar-refractivity contribution < 1.29 is 4.79 Å². The van der Waals surface area contributed by atoms with Crippen molar-refractivity contribution in [2.45, 2.75) is 6.54 Å². The molecule has 2 N–H and O–H groups in total. The summed E-state index contributed by atoms with van der Waals surface area (Å²) in [6, 6.07) is 23.0. The van der Waals surface area contributed by atoms with E-state index in [-0.39, 0.29) is 5.91 Å². The maximum atomic E-state index is 13.5. The van der Waals surface area contributed by atoms with Crippen LogP contribution in [0.5, 0.6) is 0 Å². The molecule has 28 heavy (non-hydrogen) atoms. The number of benzene rings is 3. The average molecular weight is 472 g/mol. The fourth-order valence-corrected chi connectivity index (χ4v) is 4.77. The number of halogens is 2. The molecule has 0 aliphatic rings. The second-order valence-electron chi connectivity index (χ2n) is 6.35. The van der Waals surface area contributed by atoms with Crippen molar-refractivity contribution in [3.05, 3.63) is 92.7 Å². The Balaban J connectivity index is 1.78. The number of nitrogen functional groups attached to an aromatic ring is 1. The van der Waals surface area contributed by atoms with Crippen molar-refractivity contribution >= 4 is 66.2 Å². The Kier molecular flexibility index (Phi) is 5.40. The number of amides is 1. The number of carbonyl (C=O) groups excluding carboxylic acids is 1. The molecule has 140 valence electrons. The van der Waals surface area contributed by atoms with Crippen molar-refractivity contribution in [1.29, 1.82) is 0 Å². The summed E-state index contributed by atoms with van der Waals surface area (Å²) in [6.45, 7) is 0.399. The van der Waals surface area contributed by atoms with E-state index in [0.717, 1.165) is 25.8 Å². The first-order valence-corrected chi connectivity index (χ1v) is 10.6. The highest BCUT2D eigenvalue weighted by Crippen LogP contribution is 2.37. The number of carbonyl (C=O) groups is 1. The van der Waals surface area contributed by atoms with Gasteiger partial charge < -0.3 is 10.6 Å². The molecule has 4 aromatic rings. The van der Waals surface area contributed by atoms with Gasteiger partial charge in [0.2, 0.25) is 0 Å². The van der Waals surface area contributed by atoms with E-state index in [9.17, 15) is 4.79 Å². The van der Waals surface area contributed by atoms with Gasteiger partial charge in [-0.15, -0.1) is 11.3 Å². The lowest BCUT2D eigenvalue weighted by Gasteiger charge is -2.23. The molecule has 0 bridgehead atoms. The van der Waals surface area contributed by atoms with E-state index in [1.807, 2.05) is 72.8 Å². The zero-order valence-corrected chi connectivity index (χ0v) is 17.9. The third-order valence-electron chi connectivity index (χ3n) is 4.40. The van der Waals surface area contributed by atoms with Crippen molar-refractivity contribution in [1.82, 2.24) is 0 Å². The van der Waals surface area contributed by atoms with Gasteiger partial charge >= 0.3 is 0 Å². The molecule has 6 heteroatoms. The number of thiophene rings is 1. The van der Waals surface area contributed by atoms with Crippen LogP contribution in [0.2, 0.25) is 5.02 Å². The van der Waals surface area contributed by atoms with Crippen LogP contribution in [-0.4, -0.2) is 5.91 Å². The van der Waals surface area contributed by atoms with Gasteiger partial charge in [-0.25, -0.2) is 0 Å². The summed E-state index contributed by atoms with van der Waals surface area (Å²) in [5.41, 5.74) is 8.34. The highest BCUT2D eigenvalue weighted by atomic mass is 79.9. The molecule has 1 amide bonds. The van der Waals surface area contributed by atoms with Gasteiger partial charge in [0.25, 0.3) is 5.91 Å². The maximum absolute atomic E-state index is 13.5. The lowest BCUT2D eigenvalue weighted by molar-refractivity contribution is 0.0989. The summed E-state index contributed by atoms with van der Waals surface area (Å²) < 4.78 is 1.95. The normalized spacial score (nSPS) is 10.9. The Bertz CT molecular complexity index is 1160. The summed E-state index contributed by atoms with van der Waals surface area (Å²) in [6.07, 6.45) is 0. The zero-order valence-electron chi connectivity index (χ0n) is 14.7. The van der Waals surface area contributed by atoms with Gasteiger partial charge in [-0.05, 0) is 48.0 Å². The quantitative estimate of drug-likeness (QED) is 0.335. The summed E-state index contributed by atoms with van der Waals surface area (Å²) in [5, 5.41) is 1.40. The van der Waals surface area contributed by atoms with Crippen molar-refractivity contribution in [3.8, 4) is 0 Å². The molecule has 0 unspecified atom stereocenters. The van der Waals surface area contributed by atoms with Gasteiger partial charge in [0, 0.05) is 25.9 Å². The minimum atomic E-state index is -0.129. The van der Waals surface area contributed by atoms with Crippen molar-refractivity contribution in [2.24, 2.45) is 0 Å². The minimum Gasteiger partial charge on any atom is -0.399 e. The Morgan fingerprint density at radius 3 is 2.50 bits per heavy atom. The minimum absolute atomic E-state index is 0.129. The molecule has 3 aromatic carbocycles. The molecule has 0 aliphatic carbocycles. The third-order valence-corrected chi connectivity index (χ3v) is 6.60. The Morgan fingerprint density at radius 2 is 1.79 bits per heavy atom. The Morgan fingerprint density at radius 1 is 1.04 bits per heavy atom. The number of hydrogen-bond donors (Lipinski definition) is 1. The molecule has 1 aromatic heterocycles. The van der Waals surface area contributed by atoms with E-state index in [0.29, 0.717) is 22.1 Å². The van der Waals surface area contributed by atoms with Crippen LogP contribution in [0, 0.1) is 0 Å². The molecule has 0 saturated carbocycles. The topological polar surface area (TPSA) is 46.3 Å². The number of rotatable bonds is 4. The number of hydrogen-bond acceptors (Lipinski definition) is 3. The van der Waals surface area contributed by atoms with Crippen LogP contribution < -0.4 is 10.6 Å². The molecule has 0 atom stereocenters. The van der Waals surface area contributed by atoms with Gasteiger partial charge in [0.05, 0.1) is 11.6 Å². The first-order chi connectivity index (χ1) is 13.5. The lowest BCUT2D eigenvalue weighted by Crippen LogP contribution is -2.30. The van der Waals surface area contributed by atoms with Gasteiger partial charge in [-0.3, -0.25) is 4.79 Å². The van der Waals surface area contributed by atoms with Crippen LogP contribution in [0.1, 0.15) is 15.2 Å². The van der Waals surface area contributed by atoms with Crippen LogP contribution in [0.4, 0.5) is 11.4 Å². The molecular weight excluding hydrogens is 456 g/mol. The molecule has 4 rings (SSSR count). The van der Waals surface area contributed by atoms with Crippen LogP contribution in [0.15, 0.2) is 77.3 Å². The van der Waals surface area contributed by atoms with E-state index in [4.69, 9.17) is 17.3 Å². The smallest absolute Gasteiger partial charge is 0.270 e. The predicted molar refractivity (Wildman–Crippen MR) is 122 cm³/mol. The van der Waals surface area contributed by atoms with Crippen LogP contribution in [-0.2, 0) is 6.54 Å². The highest BCUT2D eigenvalue weighted by molar-refractivity contribution is 9.10. The van der Waals surface area contributed by atoms with Crippen LogP contribution >= 0.6 is 38.9 Å². The number of nitrogens with two attached hydrogens (primary N) is 1. The number of anilines is 2. The average Bonchev–Trinajstić information content (AvgIpc) is 3.03. The third kappa shape index (κ3) is 3.78. The largest absolute Gasteiger partial charge is 0.399 e. The van der Waals surface area contributed by atoms with Gasteiger partial charge in [-0.1, -0.05) is 57.9 Å². The fraction of sp³-hybridized carbons (Fsp3) is 0.0455. The molecular formula is C22H16BrClN2OS. The summed E-state index contributed by atoms with van der Waals surface area (Å²) >= 11 is 11.4. The van der Waals surface area contributed by atoms with Gasteiger partial charge in [0.1, 0.15) is 4.88 Å². The molecule has 0 spiro atoms. The van der Waals surface area contributed by atoms with Crippen LogP contribution in [0.3, 0.4) is 0 Å². The van der Waals surface area contributed by atoms with E-state index in [2.05, 4.69) is 15.9 Å². The van der Waals surface area contributed by atoms with E-state index >= 15 is 0 Å². The zero-order chi connectivity index (χ0) is 19.7. The van der Waals surface area contributed by atoms with Crippen molar-refractivity contribution in [2.75, 3.05) is 10.6 Å². The molecule has 0 aliphatic heterocycles. The van der Waals surface area contributed by atoms with Gasteiger partial charge in [-0.2, -0.15) is 0 Å². The predicted octanol–water partition coefficient (Wildman–Crippen LogP) is 6.75. The SMILES string of the molecule is Nc1cccc(CN(C(=O)c2sc3ccccc3c2Cl)c2ccc(Br)cc2)c1. The lowest BCUT2D eigenvalue weighted by atomic mass is 10.1. The molecule has 0 radical (unpaired) electrons. The molecule has 3 nitrogen and oxygen atoms in total. The summed E-state index contributed by atoms with van der Waals surface area (Å²) in [4.78, 5) is 15.8. The van der Waals surface area contributed by atoms with E-state index in [1.54, 1.807) is 4.90 Å². The van der Waals surface area contributed by atoms with E-state index in [1.165, 1.54) is 11.3 Å². The second kappa shape index (κ2) is 7.95. The summed E-state index contributed by atoms with van der Waals surface area (Å²) in [7, 11) is 0. The van der Waals surface area contributed by atoms with Crippen LogP contribution in [0.25, 0.3) is 10.1 Å². The molecule has 0 saturated heterocycles. The highest BCUT2D eigenvalue weighted by Gasteiger charge is 2.24. The standard InChI is InChI=1S/C22H16BrClN2OS/c23-15-8-10-17(11-9-15)26(13-14-4-3-5-16(25)12-14)22(27)21-20(24)18-6-1-2-7-19(18)28-21/h1-12H,13,25H2. The number of fused-ring (bicyclic) bond motifs is 1. The molecule has 1 heterocycles. The monoisotopic (exact) mass is 470 g/mol. The van der Waals surface area contributed by atoms with E-state index < -0.39 is 0 Å². The maximum Gasteiger partial charge on any atom is 0.270 e. The first kappa shape index (κ1) is 19.0. The first-order valence-electron chi connectivity index (χ1n) is 8.62. The number of nitrogens with zero attached hydrogens (tertiary/aromatic N) is 1. The van der Waals surface area contributed by atoms with Gasteiger partial charge in [0.15, 0.2) is 0 Å². The Hall–Kier alpha value is -2.34. The fourth-order valence-electron chi connectivity index (χ4n) is 3.05. The Labute approximate surface area is 180 Å².